The molecule has 0 aromatic carbocycles. The maximum absolute atomic E-state index is 12.3. The summed E-state index contributed by atoms with van der Waals surface area (Å²) >= 11 is 1.85. The van der Waals surface area contributed by atoms with Crippen LogP contribution < -0.4 is 0 Å². The molecule has 0 aromatic heterocycles. The van der Waals surface area contributed by atoms with Crippen LogP contribution in [0.5, 0.6) is 0 Å². The molecule has 2 saturated heterocycles. The molecule has 0 saturated carbocycles. The van der Waals surface area contributed by atoms with E-state index in [0.717, 1.165) is 23.7 Å². The maximum Gasteiger partial charge on any atom is 0.406 e. The molecule has 2 fully saturated rings. The second-order valence-corrected chi connectivity index (χ2v) is 6.40. The predicted octanol–water partition coefficient (Wildman–Crippen LogP) is 1.59. The smallest absolute Gasteiger partial charge is 0.332 e. The Hall–Kier alpha value is -0.430. The molecule has 7 heteroatoms. The van der Waals surface area contributed by atoms with Crippen molar-refractivity contribution in [3.05, 3.63) is 0 Å². The summed E-state index contributed by atoms with van der Waals surface area (Å²) in [4.78, 5) is 14.9. The van der Waals surface area contributed by atoms with E-state index in [1.165, 1.54) is 0 Å². The Balaban J connectivity index is 1.94. The summed E-state index contributed by atoms with van der Waals surface area (Å²) < 4.78 is 36.9. The van der Waals surface area contributed by atoms with Crippen molar-refractivity contribution in [1.29, 1.82) is 0 Å². The van der Waals surface area contributed by atoms with Crippen LogP contribution in [0.3, 0.4) is 0 Å². The van der Waals surface area contributed by atoms with Crippen molar-refractivity contribution in [3.63, 3.8) is 0 Å². The van der Waals surface area contributed by atoms with Gasteiger partial charge in [0.15, 0.2) is 0 Å². The molecule has 1 amide bonds. The van der Waals surface area contributed by atoms with Gasteiger partial charge in [-0.25, -0.2) is 0 Å². The molecule has 0 aliphatic carbocycles. The summed E-state index contributed by atoms with van der Waals surface area (Å²) in [5.41, 5.74) is 0. The number of hydrogen-bond acceptors (Lipinski definition) is 3. The zero-order chi connectivity index (χ0) is 13.3. The summed E-state index contributed by atoms with van der Waals surface area (Å²) in [5, 5.41) is 0.447. The molecule has 104 valence electrons. The average molecular weight is 282 g/mol. The number of hydrogen-bond donors (Lipinski definition) is 0. The topological polar surface area (TPSA) is 23.6 Å². The highest BCUT2D eigenvalue weighted by Crippen LogP contribution is 2.26. The molecular formula is C11H17F3N2OS. The van der Waals surface area contributed by atoms with E-state index < -0.39 is 12.7 Å². The minimum atomic E-state index is -4.30. The molecule has 0 spiro atoms. The van der Waals surface area contributed by atoms with Crippen molar-refractivity contribution < 1.29 is 18.0 Å². The van der Waals surface area contributed by atoms with Crippen LogP contribution in [-0.4, -0.2) is 65.1 Å². The number of alkyl halides is 3. The third-order valence-corrected chi connectivity index (χ3v) is 4.49. The van der Waals surface area contributed by atoms with Crippen molar-refractivity contribution in [2.75, 3.05) is 31.9 Å². The van der Waals surface area contributed by atoms with E-state index in [4.69, 9.17) is 0 Å². The molecule has 2 aliphatic heterocycles. The van der Waals surface area contributed by atoms with Gasteiger partial charge >= 0.3 is 6.18 Å². The number of thioether (sulfide) groups is 1. The number of likely N-dealkylation sites (tertiary alicyclic amines) is 1. The van der Waals surface area contributed by atoms with Gasteiger partial charge in [0.25, 0.3) is 0 Å². The van der Waals surface area contributed by atoms with Crippen molar-refractivity contribution in [2.45, 2.75) is 30.8 Å². The molecule has 0 unspecified atom stereocenters. The van der Waals surface area contributed by atoms with E-state index in [1.54, 1.807) is 0 Å². The van der Waals surface area contributed by atoms with Crippen molar-refractivity contribution in [1.82, 2.24) is 9.80 Å². The van der Waals surface area contributed by atoms with Gasteiger partial charge in [-0.15, -0.1) is 0 Å². The monoisotopic (exact) mass is 282 g/mol. The zero-order valence-corrected chi connectivity index (χ0v) is 11.1. The van der Waals surface area contributed by atoms with Gasteiger partial charge in [0.05, 0.1) is 6.04 Å². The Labute approximate surface area is 109 Å². The molecular weight excluding hydrogens is 265 g/mol. The molecule has 2 atom stereocenters. The van der Waals surface area contributed by atoms with Crippen molar-refractivity contribution in [2.24, 2.45) is 0 Å². The minimum Gasteiger partial charge on any atom is -0.332 e. The van der Waals surface area contributed by atoms with E-state index in [0.29, 0.717) is 11.7 Å². The lowest BCUT2D eigenvalue weighted by Gasteiger charge is -2.34. The van der Waals surface area contributed by atoms with Crippen LogP contribution in [0.2, 0.25) is 0 Å². The van der Waals surface area contributed by atoms with Crippen LogP contribution in [0.4, 0.5) is 13.2 Å². The van der Waals surface area contributed by atoms with Gasteiger partial charge in [-0.05, 0) is 6.42 Å². The number of halogens is 3. The van der Waals surface area contributed by atoms with Crippen LogP contribution in [-0.2, 0) is 4.79 Å². The summed E-state index contributed by atoms with van der Waals surface area (Å²) in [6.07, 6.45) is -3.78. The van der Waals surface area contributed by atoms with Gasteiger partial charge in [-0.1, -0.05) is 6.92 Å². The minimum absolute atomic E-state index is 0.223. The number of carbonyl (C=O) groups is 1. The standard InChI is InChI=1S/C11H17F3N2OS/c1-8-6-15(4-5-18-8)9-2-3-16(10(9)17)7-11(12,13)14/h8-9H,2-7H2,1H3/t8-,9+/m0/s1. The summed E-state index contributed by atoms with van der Waals surface area (Å²) in [6, 6.07) is -0.337. The van der Waals surface area contributed by atoms with E-state index >= 15 is 0 Å². The van der Waals surface area contributed by atoms with Gasteiger partial charge in [-0.2, -0.15) is 24.9 Å². The quantitative estimate of drug-likeness (QED) is 0.768. The van der Waals surface area contributed by atoms with E-state index in [9.17, 15) is 18.0 Å². The molecule has 2 rings (SSSR count). The molecule has 0 aromatic rings. The molecule has 18 heavy (non-hydrogen) atoms. The number of carbonyl (C=O) groups excluding carboxylic acids is 1. The first kappa shape index (κ1) is 14.0. The lowest BCUT2D eigenvalue weighted by Crippen LogP contribution is -2.48. The highest BCUT2D eigenvalue weighted by atomic mass is 32.2. The molecule has 0 bridgehead atoms. The van der Waals surface area contributed by atoms with Gasteiger partial charge in [0.1, 0.15) is 6.54 Å². The van der Waals surface area contributed by atoms with E-state index in [-0.39, 0.29) is 18.5 Å². The third kappa shape index (κ3) is 3.32. The summed E-state index contributed by atoms with van der Waals surface area (Å²) in [6.45, 7) is 2.79. The molecule has 0 N–H and O–H groups in total. The second-order valence-electron chi connectivity index (χ2n) is 4.86. The van der Waals surface area contributed by atoms with Crippen LogP contribution in [0.15, 0.2) is 0 Å². The Morgan fingerprint density at radius 3 is 2.72 bits per heavy atom. The fraction of sp³-hybridized carbons (Fsp3) is 0.909. The van der Waals surface area contributed by atoms with Crippen molar-refractivity contribution >= 4 is 17.7 Å². The number of amides is 1. The van der Waals surface area contributed by atoms with Gasteiger partial charge < -0.3 is 4.90 Å². The average Bonchev–Trinajstić information content (AvgIpc) is 2.58. The van der Waals surface area contributed by atoms with Crippen LogP contribution in [0.1, 0.15) is 13.3 Å². The van der Waals surface area contributed by atoms with Crippen LogP contribution in [0.25, 0.3) is 0 Å². The molecule has 2 aliphatic rings. The summed E-state index contributed by atoms with van der Waals surface area (Å²) in [7, 11) is 0. The first-order valence-corrected chi connectivity index (χ1v) is 7.13. The fourth-order valence-electron chi connectivity index (χ4n) is 2.56. The lowest BCUT2D eigenvalue weighted by atomic mass is 10.2. The van der Waals surface area contributed by atoms with Crippen LogP contribution in [0, 0.1) is 0 Å². The Morgan fingerprint density at radius 2 is 2.11 bits per heavy atom. The second kappa shape index (κ2) is 5.28. The SMILES string of the molecule is C[C@H]1CN([C@@H]2CCN(CC(F)(F)F)C2=O)CCS1. The predicted molar refractivity (Wildman–Crippen MR) is 64.5 cm³/mol. The van der Waals surface area contributed by atoms with Crippen LogP contribution >= 0.6 is 11.8 Å². The normalized spacial score (nSPS) is 31.1. The van der Waals surface area contributed by atoms with Crippen molar-refractivity contribution in [3.8, 4) is 0 Å². The number of rotatable bonds is 2. The summed E-state index contributed by atoms with van der Waals surface area (Å²) in [5.74, 6) is 0.593. The molecule has 0 radical (unpaired) electrons. The molecule has 2 heterocycles. The Kier molecular flexibility index (Phi) is 4.11. The van der Waals surface area contributed by atoms with Gasteiger partial charge in [-0.3, -0.25) is 9.69 Å². The van der Waals surface area contributed by atoms with Gasteiger partial charge in [0.2, 0.25) is 5.91 Å². The zero-order valence-electron chi connectivity index (χ0n) is 10.2. The third-order valence-electron chi connectivity index (χ3n) is 3.35. The molecule has 3 nitrogen and oxygen atoms in total. The maximum atomic E-state index is 12.3. The van der Waals surface area contributed by atoms with E-state index in [1.807, 2.05) is 16.7 Å². The Morgan fingerprint density at radius 1 is 1.39 bits per heavy atom. The first-order valence-electron chi connectivity index (χ1n) is 6.08. The lowest BCUT2D eigenvalue weighted by molar-refractivity contribution is -0.159. The Bertz CT molecular complexity index is 324. The number of nitrogens with zero attached hydrogens (tertiary/aromatic N) is 2. The highest BCUT2D eigenvalue weighted by molar-refractivity contribution is 7.99. The fourth-order valence-corrected chi connectivity index (χ4v) is 3.60. The van der Waals surface area contributed by atoms with Gasteiger partial charge in [0, 0.05) is 30.6 Å². The van der Waals surface area contributed by atoms with E-state index in [2.05, 4.69) is 6.92 Å². The largest absolute Gasteiger partial charge is 0.406 e. The highest BCUT2D eigenvalue weighted by Gasteiger charge is 2.42. The first-order chi connectivity index (χ1) is 8.37.